The van der Waals surface area contributed by atoms with Gasteiger partial charge in [-0.2, -0.15) is 11.3 Å². The molecule has 0 aliphatic rings. The summed E-state index contributed by atoms with van der Waals surface area (Å²) in [5.74, 6) is 0.780. The van der Waals surface area contributed by atoms with E-state index in [0.29, 0.717) is 6.04 Å². The van der Waals surface area contributed by atoms with Crippen molar-refractivity contribution < 1.29 is 0 Å². The molecular weight excluding hydrogens is 190 g/mol. The van der Waals surface area contributed by atoms with Crippen LogP contribution in [0, 0.1) is 5.92 Å². The molecule has 80 valence electrons. The Balaban J connectivity index is 2.12. The molecule has 2 N–H and O–H groups in total. The molecule has 1 aromatic rings. The molecule has 1 atom stereocenters. The highest BCUT2D eigenvalue weighted by Gasteiger charge is 2.04. The van der Waals surface area contributed by atoms with Crippen molar-refractivity contribution in [2.75, 3.05) is 0 Å². The van der Waals surface area contributed by atoms with Crippen LogP contribution in [-0.2, 0) is 6.42 Å². The maximum atomic E-state index is 6.04. The zero-order valence-electron chi connectivity index (χ0n) is 9.20. The van der Waals surface area contributed by atoms with Crippen LogP contribution in [-0.4, -0.2) is 6.04 Å². The fourth-order valence-corrected chi connectivity index (χ4v) is 2.18. The van der Waals surface area contributed by atoms with Crippen LogP contribution in [0.1, 0.15) is 38.7 Å². The van der Waals surface area contributed by atoms with Crippen LogP contribution in [0.3, 0.4) is 0 Å². The molecule has 0 aliphatic heterocycles. The van der Waals surface area contributed by atoms with Gasteiger partial charge < -0.3 is 5.73 Å². The van der Waals surface area contributed by atoms with Gasteiger partial charge in [0.15, 0.2) is 0 Å². The third-order valence-corrected chi connectivity index (χ3v) is 3.23. The van der Waals surface area contributed by atoms with Gasteiger partial charge in [0.2, 0.25) is 0 Å². The standard InChI is InChI=1S/C12H21NS/c1-10(2)3-5-12(13)6-4-11-7-8-14-9-11/h7-10,12H,3-6,13H2,1-2H3. The summed E-state index contributed by atoms with van der Waals surface area (Å²) in [7, 11) is 0. The molecule has 0 radical (unpaired) electrons. The molecule has 2 heteroatoms. The maximum Gasteiger partial charge on any atom is 0.00420 e. The van der Waals surface area contributed by atoms with Crippen molar-refractivity contribution in [2.24, 2.45) is 11.7 Å². The van der Waals surface area contributed by atoms with Gasteiger partial charge in [0, 0.05) is 6.04 Å². The average Bonchev–Trinajstić information content (AvgIpc) is 2.63. The summed E-state index contributed by atoms with van der Waals surface area (Å²) >= 11 is 1.77. The fourth-order valence-electron chi connectivity index (χ4n) is 1.48. The van der Waals surface area contributed by atoms with Gasteiger partial charge >= 0.3 is 0 Å². The Morgan fingerprint density at radius 2 is 2.07 bits per heavy atom. The first-order valence-electron chi connectivity index (χ1n) is 5.45. The van der Waals surface area contributed by atoms with Crippen LogP contribution in [0.2, 0.25) is 0 Å². The summed E-state index contributed by atoms with van der Waals surface area (Å²) in [5, 5.41) is 4.35. The number of nitrogens with two attached hydrogens (primary N) is 1. The van der Waals surface area contributed by atoms with Crippen LogP contribution in [0.5, 0.6) is 0 Å². The van der Waals surface area contributed by atoms with E-state index in [4.69, 9.17) is 5.73 Å². The largest absolute Gasteiger partial charge is 0.328 e. The number of hydrogen-bond donors (Lipinski definition) is 1. The van der Waals surface area contributed by atoms with Gasteiger partial charge in [-0.25, -0.2) is 0 Å². The van der Waals surface area contributed by atoms with Crippen molar-refractivity contribution in [1.29, 1.82) is 0 Å². The van der Waals surface area contributed by atoms with Gasteiger partial charge in [0.05, 0.1) is 0 Å². The van der Waals surface area contributed by atoms with Gasteiger partial charge in [0.25, 0.3) is 0 Å². The minimum Gasteiger partial charge on any atom is -0.328 e. The number of hydrogen-bond acceptors (Lipinski definition) is 2. The molecule has 1 aromatic heterocycles. The number of thiophene rings is 1. The van der Waals surface area contributed by atoms with Crippen LogP contribution in [0.25, 0.3) is 0 Å². The molecule has 0 aromatic carbocycles. The van der Waals surface area contributed by atoms with E-state index in [0.717, 1.165) is 18.8 Å². The van der Waals surface area contributed by atoms with E-state index in [1.807, 2.05) is 0 Å². The average molecular weight is 211 g/mol. The fraction of sp³-hybridized carbons (Fsp3) is 0.667. The van der Waals surface area contributed by atoms with Gasteiger partial charge in [-0.1, -0.05) is 13.8 Å². The lowest BCUT2D eigenvalue weighted by Crippen LogP contribution is -2.21. The zero-order chi connectivity index (χ0) is 10.4. The molecule has 1 unspecified atom stereocenters. The van der Waals surface area contributed by atoms with E-state index >= 15 is 0 Å². The van der Waals surface area contributed by atoms with Gasteiger partial charge in [-0.3, -0.25) is 0 Å². The predicted octanol–water partition coefficient (Wildman–Crippen LogP) is 3.44. The van der Waals surface area contributed by atoms with Crippen molar-refractivity contribution >= 4 is 11.3 Å². The smallest absolute Gasteiger partial charge is 0.00420 e. The molecule has 1 rings (SSSR count). The summed E-state index contributed by atoms with van der Waals surface area (Å²) in [6, 6.07) is 2.58. The highest BCUT2D eigenvalue weighted by Crippen LogP contribution is 2.12. The predicted molar refractivity (Wildman–Crippen MR) is 64.7 cm³/mol. The van der Waals surface area contributed by atoms with E-state index < -0.39 is 0 Å². The molecular formula is C12H21NS. The normalized spacial score (nSPS) is 13.4. The summed E-state index contributed by atoms with van der Waals surface area (Å²) < 4.78 is 0. The molecule has 0 spiro atoms. The molecule has 0 saturated heterocycles. The van der Waals surface area contributed by atoms with E-state index in [1.165, 1.54) is 18.4 Å². The monoisotopic (exact) mass is 211 g/mol. The zero-order valence-corrected chi connectivity index (χ0v) is 10.0. The van der Waals surface area contributed by atoms with Crippen molar-refractivity contribution in [3.63, 3.8) is 0 Å². The Morgan fingerprint density at radius 3 is 2.64 bits per heavy atom. The molecule has 14 heavy (non-hydrogen) atoms. The molecule has 1 heterocycles. The number of rotatable bonds is 6. The molecule has 0 saturated carbocycles. The highest BCUT2D eigenvalue weighted by molar-refractivity contribution is 7.07. The second-order valence-electron chi connectivity index (χ2n) is 4.40. The van der Waals surface area contributed by atoms with Crippen molar-refractivity contribution in [3.05, 3.63) is 22.4 Å². The lowest BCUT2D eigenvalue weighted by atomic mass is 9.99. The molecule has 0 bridgehead atoms. The second kappa shape index (κ2) is 6.20. The Labute approximate surface area is 91.3 Å². The third-order valence-electron chi connectivity index (χ3n) is 2.50. The van der Waals surface area contributed by atoms with Gasteiger partial charge in [-0.05, 0) is 54.0 Å². The molecule has 0 fully saturated rings. The first-order chi connectivity index (χ1) is 6.68. The lowest BCUT2D eigenvalue weighted by molar-refractivity contribution is 0.479. The second-order valence-corrected chi connectivity index (χ2v) is 5.18. The van der Waals surface area contributed by atoms with Crippen LogP contribution in [0.4, 0.5) is 0 Å². The van der Waals surface area contributed by atoms with Crippen molar-refractivity contribution in [1.82, 2.24) is 0 Å². The lowest BCUT2D eigenvalue weighted by Gasteiger charge is -2.12. The van der Waals surface area contributed by atoms with Crippen LogP contribution < -0.4 is 5.73 Å². The molecule has 0 aliphatic carbocycles. The highest BCUT2D eigenvalue weighted by atomic mass is 32.1. The first-order valence-corrected chi connectivity index (χ1v) is 6.39. The Kier molecular flexibility index (Phi) is 5.20. The van der Waals surface area contributed by atoms with Crippen molar-refractivity contribution in [3.8, 4) is 0 Å². The Bertz CT molecular complexity index is 228. The minimum atomic E-state index is 0.386. The van der Waals surface area contributed by atoms with E-state index in [2.05, 4.69) is 30.7 Å². The van der Waals surface area contributed by atoms with E-state index in [9.17, 15) is 0 Å². The van der Waals surface area contributed by atoms with E-state index in [-0.39, 0.29) is 0 Å². The third kappa shape index (κ3) is 4.77. The molecule has 1 nitrogen and oxygen atoms in total. The summed E-state index contributed by atoms with van der Waals surface area (Å²) in [6.45, 7) is 4.51. The summed E-state index contributed by atoms with van der Waals surface area (Å²) in [4.78, 5) is 0. The van der Waals surface area contributed by atoms with Crippen molar-refractivity contribution in [2.45, 2.75) is 45.6 Å². The Morgan fingerprint density at radius 1 is 1.29 bits per heavy atom. The quantitative estimate of drug-likeness (QED) is 0.766. The van der Waals surface area contributed by atoms with Gasteiger partial charge in [0.1, 0.15) is 0 Å². The van der Waals surface area contributed by atoms with Gasteiger partial charge in [-0.15, -0.1) is 0 Å². The topological polar surface area (TPSA) is 26.0 Å². The molecule has 0 amide bonds. The SMILES string of the molecule is CC(C)CCC(N)CCc1ccsc1. The van der Waals surface area contributed by atoms with Crippen LogP contribution in [0.15, 0.2) is 16.8 Å². The van der Waals surface area contributed by atoms with E-state index in [1.54, 1.807) is 11.3 Å². The minimum absolute atomic E-state index is 0.386. The number of aryl methyl sites for hydroxylation is 1. The summed E-state index contributed by atoms with van der Waals surface area (Å²) in [5.41, 5.74) is 7.48. The maximum absolute atomic E-state index is 6.04. The first kappa shape index (κ1) is 11.7. The van der Waals surface area contributed by atoms with Crippen LogP contribution >= 0.6 is 11.3 Å². The Hall–Kier alpha value is -0.340. The summed E-state index contributed by atoms with van der Waals surface area (Å²) in [6.07, 6.45) is 4.69.